The molecule has 0 fully saturated rings. The highest BCUT2D eigenvalue weighted by Crippen LogP contribution is 2.20. The molecule has 2 heteroatoms. The third-order valence-electron chi connectivity index (χ3n) is 2.03. The Kier molecular flexibility index (Phi) is 4.64. The maximum Gasteiger partial charge on any atom is 0.119 e. The maximum atomic E-state index is 7.00. The van der Waals surface area contributed by atoms with E-state index >= 15 is 0 Å². The summed E-state index contributed by atoms with van der Waals surface area (Å²) in [7, 11) is 1.00. The van der Waals surface area contributed by atoms with Gasteiger partial charge in [-0.2, -0.15) is 0 Å². The van der Waals surface area contributed by atoms with Crippen LogP contribution in [0, 0.1) is 0 Å². The molecule has 0 spiro atoms. The summed E-state index contributed by atoms with van der Waals surface area (Å²) in [6, 6.07) is 14.4. The third kappa shape index (κ3) is 2.96. The number of hydrogen-bond acceptors (Lipinski definition) is 2. The van der Waals surface area contributed by atoms with Crippen LogP contribution in [0.2, 0.25) is 0 Å². The van der Waals surface area contributed by atoms with Gasteiger partial charge in [0.1, 0.15) is 5.75 Å². The van der Waals surface area contributed by atoms with Crippen LogP contribution in [0.5, 0.6) is 5.75 Å². The van der Waals surface area contributed by atoms with E-state index in [1.165, 1.54) is 10.8 Å². The Morgan fingerprint density at radius 3 is 2.33 bits per heavy atom. The van der Waals surface area contributed by atoms with Gasteiger partial charge in [0.2, 0.25) is 0 Å². The van der Waals surface area contributed by atoms with E-state index < -0.39 is 0 Å². The van der Waals surface area contributed by atoms with Crippen molar-refractivity contribution in [3.63, 3.8) is 0 Å². The molecule has 0 saturated carbocycles. The molecular formula is C13H16O2. The number of aliphatic hydroxyl groups excluding tert-OH is 1. The average Bonchev–Trinajstić information content (AvgIpc) is 2.32. The first-order valence-electron chi connectivity index (χ1n) is 4.96. The maximum absolute atomic E-state index is 7.00. The zero-order valence-corrected chi connectivity index (χ0v) is 9.10. The molecule has 0 aliphatic rings. The van der Waals surface area contributed by atoms with Crippen LogP contribution in [0.25, 0.3) is 10.8 Å². The van der Waals surface area contributed by atoms with Crippen LogP contribution in [0.1, 0.15) is 6.92 Å². The van der Waals surface area contributed by atoms with E-state index in [2.05, 4.69) is 24.3 Å². The van der Waals surface area contributed by atoms with Gasteiger partial charge in [-0.1, -0.05) is 30.3 Å². The van der Waals surface area contributed by atoms with Gasteiger partial charge in [0, 0.05) is 7.11 Å². The fraction of sp³-hybridized carbons (Fsp3) is 0.231. The summed E-state index contributed by atoms with van der Waals surface area (Å²) in [4.78, 5) is 0. The first-order chi connectivity index (χ1) is 7.40. The monoisotopic (exact) mass is 204 g/mol. The molecule has 0 aliphatic carbocycles. The van der Waals surface area contributed by atoms with E-state index in [1.807, 2.05) is 25.1 Å². The summed E-state index contributed by atoms with van der Waals surface area (Å²) < 4.78 is 5.41. The zero-order chi connectivity index (χ0) is 11.1. The molecule has 0 saturated heterocycles. The van der Waals surface area contributed by atoms with Gasteiger partial charge in [-0.3, -0.25) is 0 Å². The van der Waals surface area contributed by atoms with Crippen LogP contribution in [-0.4, -0.2) is 18.8 Å². The minimum absolute atomic E-state index is 0.721. The van der Waals surface area contributed by atoms with Crippen molar-refractivity contribution in [2.45, 2.75) is 6.92 Å². The Morgan fingerprint density at radius 2 is 1.67 bits per heavy atom. The zero-order valence-electron chi connectivity index (χ0n) is 9.10. The Morgan fingerprint density at radius 1 is 1.00 bits per heavy atom. The molecular weight excluding hydrogens is 188 g/mol. The summed E-state index contributed by atoms with van der Waals surface area (Å²) in [6.45, 7) is 2.72. The van der Waals surface area contributed by atoms with E-state index in [9.17, 15) is 0 Å². The van der Waals surface area contributed by atoms with Crippen molar-refractivity contribution >= 4 is 10.8 Å². The number of rotatable bonds is 2. The fourth-order valence-electron chi connectivity index (χ4n) is 1.42. The Bertz CT molecular complexity index is 410. The van der Waals surface area contributed by atoms with Gasteiger partial charge in [-0.15, -0.1) is 0 Å². The predicted molar refractivity (Wildman–Crippen MR) is 63.3 cm³/mol. The molecule has 0 unspecified atom stereocenters. The molecule has 0 aliphatic heterocycles. The molecule has 0 atom stereocenters. The summed E-state index contributed by atoms with van der Waals surface area (Å²) in [5, 5.41) is 9.49. The van der Waals surface area contributed by atoms with Gasteiger partial charge < -0.3 is 9.84 Å². The van der Waals surface area contributed by atoms with Crippen molar-refractivity contribution in [1.29, 1.82) is 0 Å². The molecule has 2 aromatic rings. The van der Waals surface area contributed by atoms with E-state index in [-0.39, 0.29) is 0 Å². The number of aliphatic hydroxyl groups is 1. The van der Waals surface area contributed by atoms with Gasteiger partial charge in [-0.05, 0) is 29.8 Å². The van der Waals surface area contributed by atoms with Gasteiger partial charge >= 0.3 is 0 Å². The Labute approximate surface area is 90.1 Å². The Hall–Kier alpha value is -1.54. The molecule has 80 valence electrons. The van der Waals surface area contributed by atoms with Crippen LogP contribution in [0.4, 0.5) is 0 Å². The summed E-state index contributed by atoms with van der Waals surface area (Å²) in [5.74, 6) is 0.946. The lowest BCUT2D eigenvalue weighted by molar-refractivity contribution is 0.341. The molecule has 2 aromatic carbocycles. The van der Waals surface area contributed by atoms with Crippen molar-refractivity contribution in [2.75, 3.05) is 13.7 Å². The topological polar surface area (TPSA) is 29.5 Å². The lowest BCUT2D eigenvalue weighted by Crippen LogP contribution is -1.90. The molecule has 0 heterocycles. The summed E-state index contributed by atoms with van der Waals surface area (Å²) in [5.41, 5.74) is 0. The second-order valence-corrected chi connectivity index (χ2v) is 2.94. The molecule has 15 heavy (non-hydrogen) atoms. The molecule has 2 rings (SSSR count). The van der Waals surface area contributed by atoms with Crippen molar-refractivity contribution < 1.29 is 9.84 Å². The van der Waals surface area contributed by atoms with Gasteiger partial charge in [0.05, 0.1) is 6.61 Å². The van der Waals surface area contributed by atoms with Gasteiger partial charge in [0.25, 0.3) is 0 Å². The minimum Gasteiger partial charge on any atom is -0.494 e. The lowest BCUT2D eigenvalue weighted by atomic mass is 10.1. The molecule has 0 amide bonds. The first-order valence-corrected chi connectivity index (χ1v) is 4.96. The second kappa shape index (κ2) is 6.04. The van der Waals surface area contributed by atoms with Crippen LogP contribution >= 0.6 is 0 Å². The smallest absolute Gasteiger partial charge is 0.119 e. The van der Waals surface area contributed by atoms with E-state index in [0.29, 0.717) is 0 Å². The molecule has 0 aromatic heterocycles. The highest BCUT2D eigenvalue weighted by molar-refractivity contribution is 5.83. The number of benzene rings is 2. The van der Waals surface area contributed by atoms with Gasteiger partial charge in [-0.25, -0.2) is 0 Å². The van der Waals surface area contributed by atoms with E-state index in [0.717, 1.165) is 19.5 Å². The first kappa shape index (κ1) is 11.5. The molecule has 1 N–H and O–H groups in total. The quantitative estimate of drug-likeness (QED) is 0.815. The average molecular weight is 204 g/mol. The van der Waals surface area contributed by atoms with E-state index in [4.69, 9.17) is 9.84 Å². The van der Waals surface area contributed by atoms with Crippen LogP contribution < -0.4 is 4.74 Å². The Balaban J connectivity index is 0.000000531. The normalized spacial score (nSPS) is 9.27. The number of fused-ring (bicyclic) bond motifs is 1. The van der Waals surface area contributed by atoms with Crippen LogP contribution in [0.3, 0.4) is 0 Å². The van der Waals surface area contributed by atoms with Crippen LogP contribution in [0.15, 0.2) is 42.5 Å². The van der Waals surface area contributed by atoms with Crippen molar-refractivity contribution in [3.8, 4) is 5.75 Å². The third-order valence-corrected chi connectivity index (χ3v) is 2.03. The van der Waals surface area contributed by atoms with Crippen LogP contribution in [-0.2, 0) is 0 Å². The molecule has 2 nitrogen and oxygen atoms in total. The fourth-order valence-corrected chi connectivity index (χ4v) is 1.42. The predicted octanol–water partition coefficient (Wildman–Crippen LogP) is 2.85. The van der Waals surface area contributed by atoms with Gasteiger partial charge in [0.15, 0.2) is 0 Å². The highest BCUT2D eigenvalue weighted by atomic mass is 16.5. The summed E-state index contributed by atoms with van der Waals surface area (Å²) >= 11 is 0. The van der Waals surface area contributed by atoms with Crippen molar-refractivity contribution in [1.82, 2.24) is 0 Å². The van der Waals surface area contributed by atoms with Crippen molar-refractivity contribution in [3.05, 3.63) is 42.5 Å². The molecule has 0 bridgehead atoms. The summed E-state index contributed by atoms with van der Waals surface area (Å²) in [6.07, 6.45) is 0. The minimum atomic E-state index is 0.721. The standard InChI is InChI=1S/C12H12O.CH4O/c1-2-13-12-8-7-10-5-3-4-6-11(10)9-12;1-2/h3-9H,2H2,1H3;2H,1H3. The number of ether oxygens (including phenoxy) is 1. The lowest BCUT2D eigenvalue weighted by Gasteiger charge is -2.03. The van der Waals surface area contributed by atoms with E-state index in [1.54, 1.807) is 0 Å². The number of hydrogen-bond donors (Lipinski definition) is 1. The largest absolute Gasteiger partial charge is 0.494 e. The highest BCUT2D eigenvalue weighted by Gasteiger charge is 1.94. The molecule has 0 radical (unpaired) electrons. The second-order valence-electron chi connectivity index (χ2n) is 2.94. The van der Waals surface area contributed by atoms with Crippen molar-refractivity contribution in [2.24, 2.45) is 0 Å². The SMILES string of the molecule is CCOc1ccc2ccccc2c1.CO.